The zero-order valence-corrected chi connectivity index (χ0v) is 36.5. The van der Waals surface area contributed by atoms with Gasteiger partial charge in [-0.25, -0.2) is 14.4 Å². The fourth-order valence-corrected chi connectivity index (χ4v) is 10.1. The number of carbonyl (C=O) groups excluding carboxylic acids is 7. The highest BCUT2D eigenvalue weighted by Crippen LogP contribution is 2.65. The second kappa shape index (κ2) is 17.3. The van der Waals surface area contributed by atoms with Crippen molar-refractivity contribution in [2.75, 3.05) is 6.61 Å². The molecule has 0 amide bonds. The molecule has 1 N–H and O–H groups in total. The van der Waals surface area contributed by atoms with Crippen LogP contribution in [0, 0.1) is 16.7 Å². The molecule has 2 saturated carbocycles. The number of fused-ring (bicyclic) bond motifs is 5. The van der Waals surface area contributed by atoms with Gasteiger partial charge in [-0.15, -0.1) is 0 Å². The summed E-state index contributed by atoms with van der Waals surface area (Å²) in [5.41, 5.74) is -6.60. The number of esters is 6. The molecular formula is C49H50O15. The first-order chi connectivity index (χ1) is 30.2. The van der Waals surface area contributed by atoms with E-state index in [1.807, 2.05) is 0 Å². The molecule has 3 aromatic carbocycles. The highest BCUT2D eigenvalue weighted by atomic mass is 16.6. The molecule has 0 radical (unpaired) electrons. The Morgan fingerprint density at radius 3 is 1.94 bits per heavy atom. The first kappa shape index (κ1) is 45.6. The lowest BCUT2D eigenvalue weighted by Gasteiger charge is -2.67. The lowest BCUT2D eigenvalue weighted by molar-refractivity contribution is -0.346. The maximum atomic E-state index is 16.0. The molecule has 15 heteroatoms. The maximum absolute atomic E-state index is 16.0. The number of benzene rings is 3. The molecule has 2 bridgehead atoms. The van der Waals surface area contributed by atoms with E-state index < -0.39 is 106 Å². The van der Waals surface area contributed by atoms with Crippen molar-refractivity contribution in [2.45, 2.75) is 103 Å². The number of ketones is 1. The lowest BCUT2D eigenvalue weighted by Crippen LogP contribution is -2.82. The average molecular weight is 879 g/mol. The van der Waals surface area contributed by atoms with E-state index in [0.29, 0.717) is 11.3 Å². The van der Waals surface area contributed by atoms with Gasteiger partial charge < -0.3 is 38.3 Å². The van der Waals surface area contributed by atoms with Gasteiger partial charge in [-0.05, 0) is 73.0 Å². The Labute approximate surface area is 369 Å². The van der Waals surface area contributed by atoms with Crippen LogP contribution in [0.25, 0.3) is 6.08 Å². The van der Waals surface area contributed by atoms with Gasteiger partial charge in [0.2, 0.25) is 0 Å². The third kappa shape index (κ3) is 8.02. The molecular weight excluding hydrogens is 829 g/mol. The minimum absolute atomic E-state index is 0.0519. The predicted molar refractivity (Wildman–Crippen MR) is 225 cm³/mol. The Morgan fingerprint density at radius 2 is 1.36 bits per heavy atom. The molecule has 3 fully saturated rings. The van der Waals surface area contributed by atoms with E-state index >= 15 is 4.79 Å². The normalized spacial score (nSPS) is 30.2. The van der Waals surface area contributed by atoms with Crippen molar-refractivity contribution in [1.82, 2.24) is 0 Å². The summed E-state index contributed by atoms with van der Waals surface area (Å²) in [4.78, 5) is 95.8. The van der Waals surface area contributed by atoms with Gasteiger partial charge in [0.15, 0.2) is 17.5 Å². The van der Waals surface area contributed by atoms with E-state index in [0.717, 1.165) is 19.9 Å². The van der Waals surface area contributed by atoms with Crippen LogP contribution in [0.3, 0.4) is 0 Å². The quantitative estimate of drug-likeness (QED) is 0.0852. The number of carbonyl (C=O) groups is 7. The molecule has 1 aliphatic heterocycles. The van der Waals surface area contributed by atoms with Gasteiger partial charge in [0.05, 0.1) is 29.1 Å². The molecule has 1 saturated heterocycles. The van der Waals surface area contributed by atoms with Gasteiger partial charge in [0, 0.05) is 45.1 Å². The summed E-state index contributed by atoms with van der Waals surface area (Å²) in [5.74, 6) is -6.80. The zero-order valence-electron chi connectivity index (χ0n) is 36.5. The minimum Gasteiger partial charge on any atom is -0.461 e. The molecule has 15 nitrogen and oxygen atoms in total. The van der Waals surface area contributed by atoms with Crippen LogP contribution in [0.1, 0.15) is 87.6 Å². The second-order valence-corrected chi connectivity index (χ2v) is 17.4. The van der Waals surface area contributed by atoms with Crippen molar-refractivity contribution in [3.8, 4) is 5.75 Å². The first-order valence-corrected chi connectivity index (χ1v) is 20.9. The van der Waals surface area contributed by atoms with Gasteiger partial charge in [0.25, 0.3) is 0 Å². The van der Waals surface area contributed by atoms with Crippen molar-refractivity contribution >= 4 is 47.7 Å². The van der Waals surface area contributed by atoms with Crippen molar-refractivity contribution in [3.05, 3.63) is 119 Å². The van der Waals surface area contributed by atoms with Crippen LogP contribution < -0.4 is 4.74 Å². The van der Waals surface area contributed by atoms with Crippen molar-refractivity contribution < 1.29 is 71.8 Å². The fraction of sp³-hybridized carbons (Fsp3) is 0.408. The molecule has 336 valence electrons. The van der Waals surface area contributed by atoms with Crippen molar-refractivity contribution in [2.24, 2.45) is 16.7 Å². The summed E-state index contributed by atoms with van der Waals surface area (Å²) >= 11 is 0. The Bertz CT molecular complexity index is 2420. The van der Waals surface area contributed by atoms with Crippen LogP contribution in [0.15, 0.2) is 102 Å². The highest BCUT2D eigenvalue weighted by Gasteiger charge is 2.79. The molecule has 7 rings (SSSR count). The Kier molecular flexibility index (Phi) is 12.3. The van der Waals surface area contributed by atoms with E-state index in [4.69, 9.17) is 33.2 Å². The van der Waals surface area contributed by atoms with E-state index in [-0.39, 0.29) is 35.3 Å². The molecule has 0 spiro atoms. The van der Waals surface area contributed by atoms with Gasteiger partial charge in [0.1, 0.15) is 35.8 Å². The van der Waals surface area contributed by atoms with Gasteiger partial charge in [-0.3, -0.25) is 19.2 Å². The van der Waals surface area contributed by atoms with E-state index in [1.54, 1.807) is 81.4 Å². The van der Waals surface area contributed by atoms with Crippen LogP contribution in [0.5, 0.6) is 5.75 Å². The molecule has 3 aromatic rings. The Balaban J connectivity index is 1.36. The van der Waals surface area contributed by atoms with Crippen LogP contribution in [-0.2, 0) is 52.4 Å². The zero-order chi connectivity index (χ0) is 46.4. The molecule has 9 atom stereocenters. The summed E-state index contributed by atoms with van der Waals surface area (Å²) in [6, 6.07) is 22.6. The van der Waals surface area contributed by atoms with Crippen molar-refractivity contribution in [1.29, 1.82) is 0 Å². The summed E-state index contributed by atoms with van der Waals surface area (Å²) in [6.45, 7) is 9.41. The largest absolute Gasteiger partial charge is 0.461 e. The number of aliphatic hydroxyl groups is 1. The Hall–Kier alpha value is -6.45. The van der Waals surface area contributed by atoms with E-state index in [2.05, 4.69) is 0 Å². The van der Waals surface area contributed by atoms with E-state index in [9.17, 15) is 33.9 Å². The number of rotatable bonds is 10. The Morgan fingerprint density at radius 1 is 0.750 bits per heavy atom. The van der Waals surface area contributed by atoms with Gasteiger partial charge in [-0.2, -0.15) is 0 Å². The molecule has 0 unspecified atom stereocenters. The highest BCUT2D eigenvalue weighted by molar-refractivity contribution is 5.98. The van der Waals surface area contributed by atoms with Crippen molar-refractivity contribution in [3.63, 3.8) is 0 Å². The van der Waals surface area contributed by atoms with Crippen LogP contribution >= 0.6 is 0 Å². The minimum atomic E-state index is -2.30. The first-order valence-electron chi connectivity index (χ1n) is 20.9. The SMILES string of the molecule is CC(=O)O[C@H]1C[C@@]2(O)[C@@H](OC(=O)c3ccccc3)[C@@H]3[C@]4(OC(C)=O)CO[C@@H]4C[C@H](OC(C)=O)[C@@]3(C)C(=O)[C@H](OC(=O)/C=C/c3ccc(C(=O)Oc4ccccc4)cc3)C(=C1C)C2(C)C. The smallest absolute Gasteiger partial charge is 0.343 e. The van der Waals surface area contributed by atoms with Gasteiger partial charge >= 0.3 is 35.8 Å². The van der Waals surface area contributed by atoms with Crippen LogP contribution in [0.2, 0.25) is 0 Å². The molecule has 3 aliphatic carbocycles. The third-order valence-corrected chi connectivity index (χ3v) is 13.2. The standard InChI is InChI=1S/C49H50O15/c1-27-35(59-28(2)50)25-49(57)43(63-45(56)32-14-10-8-11-15-32)41-47(7,36(60-29(3)51)24-37-48(41,26-58-37)64-30(4)52)42(54)40(39(27)46(49,5)6)62-38(53)23-20-31-18-21-33(22-19-31)44(55)61-34-16-12-9-13-17-34/h8-23,35-37,40-41,43,57H,24-26H2,1-7H3/b23-20+/t35-,36-,37+,40+,41-,43-,47+,48-,49+/m0/s1. The monoisotopic (exact) mass is 878 g/mol. The maximum Gasteiger partial charge on any atom is 0.343 e. The summed E-state index contributed by atoms with van der Waals surface area (Å²) in [7, 11) is 0. The predicted octanol–water partition coefficient (Wildman–Crippen LogP) is 5.71. The molecule has 1 heterocycles. The molecule has 4 aliphatic rings. The number of Topliss-reactive ketones (excluding diaryl/α,β-unsaturated/α-hetero) is 1. The topological polar surface area (TPSA) is 204 Å². The number of ether oxygens (including phenoxy) is 7. The van der Waals surface area contributed by atoms with Crippen LogP contribution in [-0.4, -0.2) is 95.0 Å². The van der Waals surface area contributed by atoms with Crippen LogP contribution in [0.4, 0.5) is 0 Å². The molecule has 64 heavy (non-hydrogen) atoms. The summed E-state index contributed by atoms with van der Waals surface area (Å²) < 4.78 is 41.9. The third-order valence-electron chi connectivity index (χ3n) is 13.2. The van der Waals surface area contributed by atoms with Gasteiger partial charge in [-0.1, -0.05) is 62.4 Å². The number of hydrogen-bond acceptors (Lipinski definition) is 15. The fourth-order valence-electron chi connectivity index (χ4n) is 10.1. The molecule has 0 aromatic heterocycles. The van der Waals surface area contributed by atoms with E-state index in [1.165, 1.54) is 44.2 Å². The summed E-state index contributed by atoms with van der Waals surface area (Å²) in [5, 5.41) is 13.6. The average Bonchev–Trinajstić information content (AvgIpc) is 3.24. The second-order valence-electron chi connectivity index (χ2n) is 17.4. The lowest BCUT2D eigenvalue weighted by atomic mass is 9.44. The number of para-hydroxylation sites is 1. The number of hydrogen-bond donors (Lipinski definition) is 1. The summed E-state index contributed by atoms with van der Waals surface area (Å²) in [6.07, 6.45) is -5.32.